The molecule has 0 atom stereocenters. The highest BCUT2D eigenvalue weighted by atomic mass is 32.2. The zero-order valence-electron chi connectivity index (χ0n) is 15.4. The van der Waals surface area contributed by atoms with Gasteiger partial charge in [-0.15, -0.1) is 0 Å². The van der Waals surface area contributed by atoms with Crippen molar-refractivity contribution in [3.05, 3.63) is 53.6 Å². The van der Waals surface area contributed by atoms with Gasteiger partial charge >= 0.3 is 6.03 Å². The number of carbonyl (C=O) groups excluding carboxylic acids is 1. The fourth-order valence-corrected chi connectivity index (χ4v) is 4.94. The minimum atomic E-state index is -3.94. The first-order valence-electron chi connectivity index (χ1n) is 8.90. The molecule has 2 aromatic rings. The summed E-state index contributed by atoms with van der Waals surface area (Å²) in [6, 6.07) is 11.6. The van der Waals surface area contributed by atoms with Crippen LogP contribution in [0.5, 0.6) is 0 Å². The average Bonchev–Trinajstić information content (AvgIpc) is 2.57. The molecule has 0 N–H and O–H groups in total. The smallest absolute Gasteiger partial charge is 0.292 e. The number of benzene rings is 2. The Morgan fingerprint density at radius 2 is 1.62 bits per heavy atom. The van der Waals surface area contributed by atoms with Crippen LogP contribution in [0.4, 0.5) is 16.2 Å². The number of fused-ring (bicyclic) bond motifs is 1. The summed E-state index contributed by atoms with van der Waals surface area (Å²) in [6.45, 7) is 6.38. The predicted octanol–water partition coefficient (Wildman–Crippen LogP) is 4.63. The second-order valence-corrected chi connectivity index (χ2v) is 8.48. The lowest BCUT2D eigenvalue weighted by Crippen LogP contribution is -2.51. The van der Waals surface area contributed by atoms with Crippen LogP contribution in [0, 0.1) is 13.8 Å². The fraction of sp³-hybridized carbons (Fsp3) is 0.350. The van der Waals surface area contributed by atoms with Crippen molar-refractivity contribution in [3.8, 4) is 0 Å². The number of urea groups is 1. The minimum Gasteiger partial charge on any atom is -0.292 e. The third-order valence-corrected chi connectivity index (χ3v) is 6.25. The van der Waals surface area contributed by atoms with Gasteiger partial charge in [0, 0.05) is 6.54 Å². The number of amides is 2. The van der Waals surface area contributed by atoms with Crippen LogP contribution in [0.3, 0.4) is 0 Å². The lowest BCUT2D eigenvalue weighted by molar-refractivity contribution is 0.253. The van der Waals surface area contributed by atoms with Gasteiger partial charge in [-0.1, -0.05) is 38.0 Å². The SMILES string of the molecule is CCCCCN1C(=O)N(c2cc(C)cc(C)c2)S(=O)(=O)c2ccccc21. The van der Waals surface area contributed by atoms with E-state index in [1.807, 2.05) is 19.9 Å². The van der Waals surface area contributed by atoms with Gasteiger partial charge in [0.2, 0.25) is 0 Å². The summed E-state index contributed by atoms with van der Waals surface area (Å²) in [5, 5.41) is 0. The maximum atomic E-state index is 13.2. The molecule has 1 aliphatic heterocycles. The topological polar surface area (TPSA) is 57.7 Å². The normalized spacial score (nSPS) is 15.9. The van der Waals surface area contributed by atoms with Gasteiger partial charge in [0.05, 0.1) is 11.4 Å². The van der Waals surface area contributed by atoms with Crippen LogP contribution in [-0.2, 0) is 10.0 Å². The highest BCUT2D eigenvalue weighted by Gasteiger charge is 2.42. The van der Waals surface area contributed by atoms with E-state index in [-0.39, 0.29) is 4.90 Å². The molecule has 0 fully saturated rings. The first-order chi connectivity index (χ1) is 12.4. The van der Waals surface area contributed by atoms with Crippen molar-refractivity contribution in [1.29, 1.82) is 0 Å². The Hall–Kier alpha value is -2.34. The number of rotatable bonds is 5. The number of unbranched alkanes of at least 4 members (excludes halogenated alkanes) is 2. The van der Waals surface area contributed by atoms with Crippen molar-refractivity contribution >= 4 is 27.4 Å². The van der Waals surface area contributed by atoms with E-state index < -0.39 is 16.1 Å². The number of aryl methyl sites for hydroxylation is 2. The van der Waals surface area contributed by atoms with E-state index in [0.29, 0.717) is 17.9 Å². The van der Waals surface area contributed by atoms with Gasteiger partial charge in [-0.3, -0.25) is 4.90 Å². The Morgan fingerprint density at radius 3 is 2.27 bits per heavy atom. The summed E-state index contributed by atoms with van der Waals surface area (Å²) in [5.74, 6) is 0. The standard InChI is InChI=1S/C20H24N2O3S/c1-4-5-8-11-21-18-9-6-7-10-19(18)26(24,25)22(20(21)23)17-13-15(2)12-16(3)14-17/h6-7,9-10,12-14H,4-5,8,11H2,1-3H3. The number of sulfonamides is 1. The van der Waals surface area contributed by atoms with Crippen LogP contribution in [0.15, 0.2) is 47.4 Å². The molecule has 0 saturated heterocycles. The summed E-state index contributed by atoms with van der Waals surface area (Å²) in [6.07, 6.45) is 2.85. The molecule has 3 rings (SSSR count). The first-order valence-corrected chi connectivity index (χ1v) is 10.3. The second kappa shape index (κ2) is 7.11. The predicted molar refractivity (Wildman–Crippen MR) is 104 cm³/mol. The zero-order valence-corrected chi connectivity index (χ0v) is 16.2. The van der Waals surface area contributed by atoms with Crippen LogP contribution >= 0.6 is 0 Å². The quantitative estimate of drug-likeness (QED) is 0.719. The van der Waals surface area contributed by atoms with Crippen molar-refractivity contribution in [1.82, 2.24) is 0 Å². The number of carbonyl (C=O) groups is 1. The molecule has 0 radical (unpaired) electrons. The summed E-state index contributed by atoms with van der Waals surface area (Å²) >= 11 is 0. The molecule has 2 aromatic carbocycles. The van der Waals surface area contributed by atoms with E-state index in [1.54, 1.807) is 41.3 Å². The Kier molecular flexibility index (Phi) is 5.05. The van der Waals surface area contributed by atoms with Gasteiger partial charge in [-0.25, -0.2) is 13.2 Å². The Bertz CT molecular complexity index is 918. The fourth-order valence-electron chi connectivity index (χ4n) is 3.37. The molecule has 2 amide bonds. The maximum Gasteiger partial charge on any atom is 0.343 e. The Balaban J connectivity index is 2.15. The molecule has 0 aromatic heterocycles. The number of anilines is 2. The molecule has 0 aliphatic carbocycles. The van der Waals surface area contributed by atoms with Crippen molar-refractivity contribution in [2.75, 3.05) is 15.7 Å². The van der Waals surface area contributed by atoms with E-state index in [9.17, 15) is 13.2 Å². The third kappa shape index (κ3) is 3.21. The average molecular weight is 372 g/mol. The molecule has 26 heavy (non-hydrogen) atoms. The molecule has 0 unspecified atom stereocenters. The summed E-state index contributed by atoms with van der Waals surface area (Å²) < 4.78 is 27.3. The largest absolute Gasteiger partial charge is 0.343 e. The van der Waals surface area contributed by atoms with Crippen molar-refractivity contribution in [2.24, 2.45) is 0 Å². The van der Waals surface area contributed by atoms with Crippen molar-refractivity contribution in [2.45, 2.75) is 44.9 Å². The van der Waals surface area contributed by atoms with Gasteiger partial charge < -0.3 is 0 Å². The van der Waals surface area contributed by atoms with Crippen LogP contribution in [-0.4, -0.2) is 21.0 Å². The number of hydrogen-bond donors (Lipinski definition) is 0. The second-order valence-electron chi connectivity index (χ2n) is 6.72. The van der Waals surface area contributed by atoms with Crippen LogP contribution < -0.4 is 9.21 Å². The lowest BCUT2D eigenvalue weighted by atomic mass is 10.1. The van der Waals surface area contributed by atoms with Crippen molar-refractivity contribution in [3.63, 3.8) is 0 Å². The van der Waals surface area contributed by atoms with Gasteiger partial charge in [-0.2, -0.15) is 4.31 Å². The summed E-state index contributed by atoms with van der Waals surface area (Å²) in [5.41, 5.74) is 2.69. The van der Waals surface area contributed by atoms with Crippen LogP contribution in [0.25, 0.3) is 0 Å². The summed E-state index contributed by atoms with van der Waals surface area (Å²) in [4.78, 5) is 15.0. The summed E-state index contributed by atoms with van der Waals surface area (Å²) in [7, 11) is -3.94. The number of para-hydroxylation sites is 1. The molecule has 0 bridgehead atoms. The molecule has 138 valence electrons. The molecule has 6 heteroatoms. The minimum absolute atomic E-state index is 0.176. The van der Waals surface area contributed by atoms with Gasteiger partial charge in [0.1, 0.15) is 4.90 Å². The molecule has 0 spiro atoms. The van der Waals surface area contributed by atoms with E-state index >= 15 is 0 Å². The van der Waals surface area contributed by atoms with E-state index in [1.165, 1.54) is 0 Å². The van der Waals surface area contributed by atoms with Crippen LogP contribution in [0.2, 0.25) is 0 Å². The molecule has 5 nitrogen and oxygen atoms in total. The van der Waals surface area contributed by atoms with Gasteiger partial charge in [0.25, 0.3) is 10.0 Å². The highest BCUT2D eigenvalue weighted by molar-refractivity contribution is 7.94. The molecule has 0 saturated carbocycles. The van der Waals surface area contributed by atoms with Crippen LogP contribution in [0.1, 0.15) is 37.3 Å². The molecule has 1 heterocycles. The maximum absolute atomic E-state index is 13.2. The van der Waals surface area contributed by atoms with Crippen molar-refractivity contribution < 1.29 is 13.2 Å². The zero-order chi connectivity index (χ0) is 18.9. The molecule has 1 aliphatic rings. The van der Waals surface area contributed by atoms with Gasteiger partial charge in [0.15, 0.2) is 0 Å². The molecular formula is C20H24N2O3S. The number of nitrogens with zero attached hydrogens (tertiary/aromatic N) is 2. The first kappa shape index (κ1) is 18.5. The van der Waals surface area contributed by atoms with E-state index in [2.05, 4.69) is 6.92 Å². The Labute approximate surface area is 155 Å². The Morgan fingerprint density at radius 1 is 0.962 bits per heavy atom. The highest BCUT2D eigenvalue weighted by Crippen LogP contribution is 2.37. The van der Waals surface area contributed by atoms with E-state index in [4.69, 9.17) is 0 Å². The monoisotopic (exact) mass is 372 g/mol. The number of hydrogen-bond acceptors (Lipinski definition) is 3. The van der Waals surface area contributed by atoms with Gasteiger partial charge in [-0.05, 0) is 55.7 Å². The molecular weight excluding hydrogens is 348 g/mol. The van der Waals surface area contributed by atoms with E-state index in [0.717, 1.165) is 34.7 Å². The third-order valence-electron chi connectivity index (χ3n) is 4.51. The lowest BCUT2D eigenvalue weighted by Gasteiger charge is -2.36.